The molecule has 1 N–H and O–H groups in total. The monoisotopic (exact) mass is 270 g/mol. The number of rotatable bonds is 3. The number of halogens is 3. The number of hydrogen-bond acceptors (Lipinski definition) is 2. The maximum atomic E-state index is 13.4. The molecule has 0 bridgehead atoms. The summed E-state index contributed by atoms with van der Waals surface area (Å²) in [5.74, 6) is -0.730. The lowest BCUT2D eigenvalue weighted by Crippen LogP contribution is -1.95. The molecular formula is C13H9ClF2O2. The second kappa shape index (κ2) is 5.33. The van der Waals surface area contributed by atoms with Gasteiger partial charge in [-0.15, -0.1) is 0 Å². The highest BCUT2D eigenvalue weighted by Crippen LogP contribution is 2.32. The van der Waals surface area contributed by atoms with E-state index in [1.165, 1.54) is 30.3 Å². The van der Waals surface area contributed by atoms with Gasteiger partial charge in [0.25, 0.3) is 0 Å². The van der Waals surface area contributed by atoms with Gasteiger partial charge in [0.05, 0.1) is 17.2 Å². The largest absolute Gasteiger partial charge is 0.455 e. The van der Waals surface area contributed by atoms with Gasteiger partial charge in [-0.1, -0.05) is 17.7 Å². The molecule has 0 aromatic heterocycles. The summed E-state index contributed by atoms with van der Waals surface area (Å²) in [4.78, 5) is 0. The van der Waals surface area contributed by atoms with Gasteiger partial charge >= 0.3 is 0 Å². The highest BCUT2D eigenvalue weighted by Gasteiger charge is 2.11. The van der Waals surface area contributed by atoms with E-state index in [-0.39, 0.29) is 22.1 Å². The Morgan fingerprint density at radius 2 is 1.89 bits per heavy atom. The van der Waals surface area contributed by atoms with Gasteiger partial charge in [0.2, 0.25) is 0 Å². The van der Waals surface area contributed by atoms with E-state index in [2.05, 4.69) is 0 Å². The standard InChI is InChI=1S/C13H9ClF2O2/c14-10-6-8(15)4-5-13(10)18-12-3-1-2-11(16)9(12)7-17/h1-6,17H,7H2. The minimum atomic E-state index is -0.576. The van der Waals surface area contributed by atoms with E-state index < -0.39 is 18.2 Å². The summed E-state index contributed by atoms with van der Waals surface area (Å²) in [6, 6.07) is 7.76. The lowest BCUT2D eigenvalue weighted by atomic mass is 10.2. The van der Waals surface area contributed by atoms with Crippen LogP contribution in [0.4, 0.5) is 8.78 Å². The van der Waals surface area contributed by atoms with Crippen molar-refractivity contribution in [3.63, 3.8) is 0 Å². The fourth-order valence-electron chi connectivity index (χ4n) is 1.46. The van der Waals surface area contributed by atoms with Gasteiger partial charge in [-0.2, -0.15) is 0 Å². The molecule has 0 atom stereocenters. The molecule has 0 radical (unpaired) electrons. The molecule has 0 aliphatic carbocycles. The minimum absolute atomic E-state index is 0.0258. The van der Waals surface area contributed by atoms with E-state index in [4.69, 9.17) is 21.4 Å². The van der Waals surface area contributed by atoms with Crippen LogP contribution in [0, 0.1) is 11.6 Å². The molecule has 2 nitrogen and oxygen atoms in total. The van der Waals surface area contributed by atoms with Crippen LogP contribution in [0.15, 0.2) is 36.4 Å². The number of aliphatic hydroxyl groups excluding tert-OH is 1. The number of benzene rings is 2. The molecule has 18 heavy (non-hydrogen) atoms. The van der Waals surface area contributed by atoms with Gasteiger partial charge in [-0.05, 0) is 30.3 Å². The molecule has 0 fully saturated rings. The molecular weight excluding hydrogens is 262 g/mol. The zero-order chi connectivity index (χ0) is 13.1. The van der Waals surface area contributed by atoms with Gasteiger partial charge in [-0.3, -0.25) is 0 Å². The third kappa shape index (κ3) is 2.60. The SMILES string of the molecule is OCc1c(F)cccc1Oc1ccc(F)cc1Cl. The normalized spacial score (nSPS) is 10.4. The lowest BCUT2D eigenvalue weighted by Gasteiger charge is -2.11. The number of aliphatic hydroxyl groups is 1. The molecule has 0 aliphatic heterocycles. The molecule has 2 aromatic rings. The highest BCUT2D eigenvalue weighted by atomic mass is 35.5. The van der Waals surface area contributed by atoms with Crippen molar-refractivity contribution in [1.29, 1.82) is 0 Å². The van der Waals surface area contributed by atoms with Gasteiger partial charge in [0.1, 0.15) is 23.1 Å². The summed E-state index contributed by atoms with van der Waals surface area (Å²) < 4.78 is 31.6. The van der Waals surface area contributed by atoms with Crippen molar-refractivity contribution in [2.24, 2.45) is 0 Å². The molecule has 0 unspecified atom stereocenters. The summed E-state index contributed by atoms with van der Waals surface area (Å²) in [7, 11) is 0. The van der Waals surface area contributed by atoms with Gasteiger partial charge in [0.15, 0.2) is 0 Å². The molecule has 0 aliphatic rings. The van der Waals surface area contributed by atoms with Gasteiger partial charge in [0, 0.05) is 0 Å². The van der Waals surface area contributed by atoms with Crippen molar-refractivity contribution in [3.05, 3.63) is 58.6 Å². The van der Waals surface area contributed by atoms with E-state index in [0.29, 0.717) is 0 Å². The maximum absolute atomic E-state index is 13.4. The Labute approximate surface area is 107 Å². The van der Waals surface area contributed by atoms with Crippen LogP contribution in [-0.2, 0) is 6.61 Å². The Morgan fingerprint density at radius 1 is 1.11 bits per heavy atom. The highest BCUT2D eigenvalue weighted by molar-refractivity contribution is 6.32. The van der Waals surface area contributed by atoms with Crippen molar-refractivity contribution < 1.29 is 18.6 Å². The van der Waals surface area contributed by atoms with Crippen LogP contribution in [0.3, 0.4) is 0 Å². The van der Waals surface area contributed by atoms with Crippen LogP contribution >= 0.6 is 11.6 Å². The van der Waals surface area contributed by atoms with E-state index >= 15 is 0 Å². The van der Waals surface area contributed by atoms with Crippen molar-refractivity contribution in [3.8, 4) is 11.5 Å². The molecule has 2 rings (SSSR count). The molecule has 0 saturated heterocycles. The van der Waals surface area contributed by atoms with Crippen LogP contribution in [-0.4, -0.2) is 5.11 Å². The van der Waals surface area contributed by atoms with Crippen LogP contribution in [0.2, 0.25) is 5.02 Å². The second-order valence-electron chi connectivity index (χ2n) is 3.55. The Hall–Kier alpha value is -1.65. The zero-order valence-electron chi connectivity index (χ0n) is 9.16. The van der Waals surface area contributed by atoms with Crippen molar-refractivity contribution in [2.75, 3.05) is 0 Å². The first kappa shape index (κ1) is 12.8. The average Bonchev–Trinajstić information content (AvgIpc) is 2.33. The summed E-state index contributed by atoms with van der Waals surface area (Å²) in [5.41, 5.74) is 0.0258. The Balaban J connectivity index is 2.37. The van der Waals surface area contributed by atoms with Crippen LogP contribution in [0.25, 0.3) is 0 Å². The van der Waals surface area contributed by atoms with E-state index in [1.54, 1.807) is 0 Å². The third-order valence-corrected chi connectivity index (χ3v) is 2.64. The maximum Gasteiger partial charge on any atom is 0.146 e. The van der Waals surface area contributed by atoms with Crippen LogP contribution in [0.5, 0.6) is 11.5 Å². The molecule has 94 valence electrons. The van der Waals surface area contributed by atoms with E-state index in [9.17, 15) is 8.78 Å². The molecule has 0 amide bonds. The van der Waals surface area contributed by atoms with Gasteiger partial charge < -0.3 is 9.84 Å². The first-order chi connectivity index (χ1) is 8.61. The predicted octanol–water partition coefficient (Wildman–Crippen LogP) is 3.90. The smallest absolute Gasteiger partial charge is 0.146 e. The van der Waals surface area contributed by atoms with E-state index in [1.807, 2.05) is 0 Å². The summed E-state index contributed by atoms with van der Waals surface area (Å²) >= 11 is 5.79. The van der Waals surface area contributed by atoms with Crippen LogP contribution < -0.4 is 4.74 Å². The van der Waals surface area contributed by atoms with Crippen LogP contribution in [0.1, 0.15) is 5.56 Å². The summed E-state index contributed by atoms with van der Waals surface area (Å²) in [6.45, 7) is -0.499. The Kier molecular flexibility index (Phi) is 3.79. The molecule has 0 saturated carbocycles. The second-order valence-corrected chi connectivity index (χ2v) is 3.96. The quantitative estimate of drug-likeness (QED) is 0.916. The molecule has 0 heterocycles. The summed E-state index contributed by atoms with van der Waals surface area (Å²) in [6.07, 6.45) is 0. The summed E-state index contributed by atoms with van der Waals surface area (Å²) in [5, 5.41) is 9.15. The zero-order valence-corrected chi connectivity index (χ0v) is 9.92. The van der Waals surface area contributed by atoms with Crippen molar-refractivity contribution in [2.45, 2.75) is 6.61 Å². The lowest BCUT2D eigenvalue weighted by molar-refractivity contribution is 0.270. The first-order valence-corrected chi connectivity index (χ1v) is 5.50. The molecule has 5 heteroatoms. The van der Waals surface area contributed by atoms with Crippen molar-refractivity contribution in [1.82, 2.24) is 0 Å². The first-order valence-electron chi connectivity index (χ1n) is 5.13. The Morgan fingerprint density at radius 3 is 2.56 bits per heavy atom. The number of hydrogen-bond donors (Lipinski definition) is 1. The third-order valence-electron chi connectivity index (χ3n) is 2.35. The predicted molar refractivity (Wildman–Crippen MR) is 63.8 cm³/mol. The van der Waals surface area contributed by atoms with E-state index in [0.717, 1.165) is 6.07 Å². The molecule has 2 aromatic carbocycles. The minimum Gasteiger partial charge on any atom is -0.455 e. The number of ether oxygens (including phenoxy) is 1. The van der Waals surface area contributed by atoms with Crippen molar-refractivity contribution >= 4 is 11.6 Å². The fourth-order valence-corrected chi connectivity index (χ4v) is 1.67. The van der Waals surface area contributed by atoms with Gasteiger partial charge in [-0.25, -0.2) is 8.78 Å². The topological polar surface area (TPSA) is 29.5 Å². The Bertz CT molecular complexity index is 573. The molecule has 0 spiro atoms. The average molecular weight is 271 g/mol. The fraction of sp³-hybridized carbons (Fsp3) is 0.0769.